The van der Waals surface area contributed by atoms with E-state index in [1.54, 1.807) is 6.07 Å². The molecule has 0 aliphatic carbocycles. The Morgan fingerprint density at radius 3 is 2.55 bits per heavy atom. The van der Waals surface area contributed by atoms with Crippen molar-refractivity contribution in [2.24, 2.45) is 0 Å². The molecule has 198 valence electrons. The molecule has 1 aliphatic rings. The molecule has 0 saturated heterocycles. The molecule has 2 heterocycles. The minimum Gasteiger partial charge on any atom is -0.489 e. The Labute approximate surface area is 212 Å². The van der Waals surface area contributed by atoms with Gasteiger partial charge in [0.25, 0.3) is 15.9 Å². The van der Waals surface area contributed by atoms with Crippen molar-refractivity contribution in [1.29, 1.82) is 0 Å². The third kappa shape index (κ3) is 4.86. The standard InChI is InChI=1S/C24H16F5N3O5S/c25-23(26)36-19-7-2-1-6-17(19)22-30-21(31-37-22)14-8-9-20-18(12-14)32(10-11-35-20)38(33,34)16-5-3-4-15(13-16)24(27,28)29/h1-9,12-13,23H,10-11H2. The first-order chi connectivity index (χ1) is 18.0. The summed E-state index contributed by atoms with van der Waals surface area (Å²) in [6.07, 6.45) is -4.73. The number of hydrogen-bond donors (Lipinski definition) is 0. The molecule has 0 fully saturated rings. The molecule has 3 aromatic carbocycles. The van der Waals surface area contributed by atoms with Crippen LogP contribution >= 0.6 is 0 Å². The van der Waals surface area contributed by atoms with Crippen molar-refractivity contribution in [3.8, 4) is 34.3 Å². The van der Waals surface area contributed by atoms with E-state index < -0.39 is 33.3 Å². The first-order valence-corrected chi connectivity index (χ1v) is 12.3. The minimum atomic E-state index is -4.73. The third-order valence-corrected chi connectivity index (χ3v) is 7.36. The number of halogens is 5. The van der Waals surface area contributed by atoms with Crippen LogP contribution in [0.4, 0.5) is 27.6 Å². The van der Waals surface area contributed by atoms with Crippen molar-refractivity contribution in [2.75, 3.05) is 17.5 Å². The number of nitrogens with zero attached hydrogens (tertiary/aromatic N) is 3. The zero-order valence-electron chi connectivity index (χ0n) is 19.0. The van der Waals surface area contributed by atoms with Crippen molar-refractivity contribution in [3.63, 3.8) is 0 Å². The SMILES string of the molecule is O=S(=O)(c1cccc(C(F)(F)F)c1)N1CCOc2ccc(-c3noc(-c4ccccc4OC(F)F)n3)cc21. The molecule has 0 spiro atoms. The van der Waals surface area contributed by atoms with Gasteiger partial charge in [0, 0.05) is 5.56 Å². The summed E-state index contributed by atoms with van der Waals surface area (Å²) in [6.45, 7) is -3.27. The molecule has 0 amide bonds. The smallest absolute Gasteiger partial charge is 0.416 e. The molecule has 0 radical (unpaired) electrons. The number of ether oxygens (including phenoxy) is 2. The lowest BCUT2D eigenvalue weighted by Crippen LogP contribution is -2.38. The number of anilines is 1. The van der Waals surface area contributed by atoms with Gasteiger partial charge in [0.1, 0.15) is 18.1 Å². The van der Waals surface area contributed by atoms with Crippen molar-refractivity contribution in [3.05, 3.63) is 72.3 Å². The molecule has 14 heteroatoms. The van der Waals surface area contributed by atoms with Crippen molar-refractivity contribution in [2.45, 2.75) is 17.7 Å². The van der Waals surface area contributed by atoms with E-state index in [0.29, 0.717) is 6.07 Å². The van der Waals surface area contributed by atoms with Crippen LogP contribution in [0, 0.1) is 0 Å². The van der Waals surface area contributed by atoms with Crippen LogP contribution in [-0.4, -0.2) is 38.3 Å². The van der Waals surface area contributed by atoms with E-state index in [1.807, 2.05) is 0 Å². The third-order valence-electron chi connectivity index (χ3n) is 5.55. The Morgan fingerprint density at radius 2 is 1.79 bits per heavy atom. The van der Waals surface area contributed by atoms with E-state index in [9.17, 15) is 30.4 Å². The lowest BCUT2D eigenvalue weighted by molar-refractivity contribution is -0.137. The average Bonchev–Trinajstić information content (AvgIpc) is 3.38. The molecule has 0 unspecified atom stereocenters. The fourth-order valence-electron chi connectivity index (χ4n) is 3.83. The Morgan fingerprint density at radius 1 is 1.00 bits per heavy atom. The van der Waals surface area contributed by atoms with Gasteiger partial charge < -0.3 is 14.0 Å². The molecule has 1 aliphatic heterocycles. The van der Waals surface area contributed by atoms with Crippen LogP contribution in [0.5, 0.6) is 11.5 Å². The second kappa shape index (κ2) is 9.59. The molecule has 5 rings (SSSR count). The van der Waals surface area contributed by atoms with Gasteiger partial charge in [0.05, 0.1) is 28.3 Å². The summed E-state index contributed by atoms with van der Waals surface area (Å²) in [5.41, 5.74) is -0.655. The normalized spacial score (nSPS) is 13.8. The second-order valence-corrected chi connectivity index (χ2v) is 9.79. The molecule has 0 N–H and O–H groups in total. The fraction of sp³-hybridized carbons (Fsp3) is 0.167. The van der Waals surface area contributed by atoms with Crippen LogP contribution < -0.4 is 13.8 Å². The number of fused-ring (bicyclic) bond motifs is 1. The van der Waals surface area contributed by atoms with Gasteiger partial charge in [-0.1, -0.05) is 23.4 Å². The summed E-state index contributed by atoms with van der Waals surface area (Å²) < 4.78 is 108. The van der Waals surface area contributed by atoms with E-state index in [1.165, 1.54) is 36.4 Å². The number of rotatable bonds is 6. The fourth-order valence-corrected chi connectivity index (χ4v) is 5.33. The van der Waals surface area contributed by atoms with Crippen LogP contribution in [0.1, 0.15) is 5.56 Å². The molecule has 4 aromatic rings. The van der Waals surface area contributed by atoms with Gasteiger partial charge in [-0.2, -0.15) is 26.9 Å². The maximum absolute atomic E-state index is 13.4. The molecule has 0 atom stereocenters. The van der Waals surface area contributed by atoms with E-state index in [0.717, 1.165) is 22.5 Å². The number of benzene rings is 3. The Bertz CT molecular complexity index is 1590. The van der Waals surface area contributed by atoms with Gasteiger partial charge in [-0.05, 0) is 48.5 Å². The molecular formula is C24H16F5N3O5S. The van der Waals surface area contributed by atoms with E-state index in [2.05, 4.69) is 14.9 Å². The lowest BCUT2D eigenvalue weighted by Gasteiger charge is -2.30. The highest BCUT2D eigenvalue weighted by Crippen LogP contribution is 2.39. The zero-order valence-corrected chi connectivity index (χ0v) is 19.8. The van der Waals surface area contributed by atoms with Gasteiger partial charge >= 0.3 is 12.8 Å². The van der Waals surface area contributed by atoms with E-state index in [4.69, 9.17) is 9.26 Å². The summed E-state index contributed by atoms with van der Waals surface area (Å²) in [7, 11) is -4.41. The predicted octanol–water partition coefficient (Wildman–Crippen LogP) is 5.61. The first-order valence-electron chi connectivity index (χ1n) is 10.9. The highest BCUT2D eigenvalue weighted by molar-refractivity contribution is 7.92. The number of sulfonamides is 1. The van der Waals surface area contributed by atoms with Crippen molar-refractivity contribution in [1.82, 2.24) is 10.1 Å². The Kier molecular flexibility index (Phi) is 6.42. The van der Waals surface area contributed by atoms with Crippen LogP contribution in [0.2, 0.25) is 0 Å². The van der Waals surface area contributed by atoms with Gasteiger partial charge in [-0.3, -0.25) is 4.31 Å². The van der Waals surface area contributed by atoms with Gasteiger partial charge in [0.15, 0.2) is 0 Å². The molecule has 1 aromatic heterocycles. The average molecular weight is 553 g/mol. The number of alkyl halides is 5. The highest BCUT2D eigenvalue weighted by atomic mass is 32.2. The number of para-hydroxylation sites is 1. The molecule has 0 saturated carbocycles. The Balaban J connectivity index is 1.51. The predicted molar refractivity (Wildman–Crippen MR) is 123 cm³/mol. The van der Waals surface area contributed by atoms with Gasteiger partial charge in [-0.15, -0.1) is 0 Å². The quantitative estimate of drug-likeness (QED) is 0.287. The van der Waals surface area contributed by atoms with Crippen LogP contribution in [0.3, 0.4) is 0 Å². The number of aromatic nitrogens is 2. The van der Waals surface area contributed by atoms with Crippen LogP contribution in [0.15, 0.2) is 76.1 Å². The zero-order chi connectivity index (χ0) is 27.1. The molecule has 0 bridgehead atoms. The van der Waals surface area contributed by atoms with Crippen LogP contribution in [-0.2, 0) is 16.2 Å². The summed E-state index contributed by atoms with van der Waals surface area (Å²) in [4.78, 5) is 3.68. The largest absolute Gasteiger partial charge is 0.489 e. The second-order valence-electron chi connectivity index (χ2n) is 7.93. The minimum absolute atomic E-state index is 0.00311. The first kappa shape index (κ1) is 25.4. The van der Waals surface area contributed by atoms with Gasteiger partial charge in [-0.25, -0.2) is 8.42 Å². The summed E-state index contributed by atoms with van der Waals surface area (Å²) >= 11 is 0. The monoisotopic (exact) mass is 553 g/mol. The lowest BCUT2D eigenvalue weighted by atomic mass is 10.1. The van der Waals surface area contributed by atoms with Crippen molar-refractivity contribution >= 4 is 15.7 Å². The Hall–Kier alpha value is -4.20. The van der Waals surface area contributed by atoms with Gasteiger partial charge in [0.2, 0.25) is 5.82 Å². The molecule has 38 heavy (non-hydrogen) atoms. The maximum atomic E-state index is 13.4. The molecule has 8 nitrogen and oxygen atoms in total. The summed E-state index contributed by atoms with van der Waals surface area (Å²) in [5.74, 6) is -0.139. The van der Waals surface area contributed by atoms with Crippen LogP contribution in [0.25, 0.3) is 22.8 Å². The summed E-state index contributed by atoms with van der Waals surface area (Å²) in [6, 6.07) is 13.6. The molecular weight excluding hydrogens is 537 g/mol. The van der Waals surface area contributed by atoms with E-state index >= 15 is 0 Å². The van der Waals surface area contributed by atoms with E-state index in [-0.39, 0.29) is 53.2 Å². The van der Waals surface area contributed by atoms with Crippen molar-refractivity contribution < 1.29 is 44.4 Å². The summed E-state index contributed by atoms with van der Waals surface area (Å²) in [5, 5.41) is 3.85. The highest BCUT2D eigenvalue weighted by Gasteiger charge is 2.35. The maximum Gasteiger partial charge on any atom is 0.416 e. The topological polar surface area (TPSA) is 94.8 Å². The number of hydrogen-bond acceptors (Lipinski definition) is 7.